The third-order valence-electron chi connectivity index (χ3n) is 4.35. The summed E-state index contributed by atoms with van der Waals surface area (Å²) in [5.41, 5.74) is 7.71. The second-order valence-corrected chi connectivity index (χ2v) is 5.56. The van der Waals surface area contributed by atoms with Gasteiger partial charge >= 0.3 is 0 Å². The third-order valence-corrected chi connectivity index (χ3v) is 4.35. The summed E-state index contributed by atoms with van der Waals surface area (Å²) >= 11 is 0. The van der Waals surface area contributed by atoms with Crippen molar-refractivity contribution in [1.29, 1.82) is 0 Å². The first kappa shape index (κ1) is 11.5. The summed E-state index contributed by atoms with van der Waals surface area (Å²) in [5, 5.41) is 0. The average Bonchev–Trinajstić information content (AvgIpc) is 2.91. The zero-order valence-corrected chi connectivity index (χ0v) is 10.7. The minimum atomic E-state index is 0.0988. The fraction of sp³-hybridized carbons (Fsp3) is 0.571. The lowest BCUT2D eigenvalue weighted by atomic mass is 10.0. The van der Waals surface area contributed by atoms with Crippen LogP contribution in [0.1, 0.15) is 35.3 Å². The van der Waals surface area contributed by atoms with E-state index in [1.54, 1.807) is 12.3 Å². The Labute approximate surface area is 107 Å². The van der Waals surface area contributed by atoms with E-state index in [0.717, 1.165) is 30.6 Å². The first-order valence-electron chi connectivity index (χ1n) is 6.66. The van der Waals surface area contributed by atoms with Gasteiger partial charge < -0.3 is 10.6 Å². The summed E-state index contributed by atoms with van der Waals surface area (Å²) in [6.45, 7) is 3.69. The maximum absolute atomic E-state index is 12.5. The van der Waals surface area contributed by atoms with E-state index in [9.17, 15) is 4.79 Å². The van der Waals surface area contributed by atoms with Crippen LogP contribution in [0.15, 0.2) is 12.3 Å². The van der Waals surface area contributed by atoms with Crippen molar-refractivity contribution < 1.29 is 4.79 Å². The molecule has 1 amide bonds. The van der Waals surface area contributed by atoms with E-state index < -0.39 is 0 Å². The van der Waals surface area contributed by atoms with Crippen molar-refractivity contribution in [2.45, 2.75) is 26.2 Å². The van der Waals surface area contributed by atoms with E-state index >= 15 is 0 Å². The first-order chi connectivity index (χ1) is 8.65. The predicted octanol–water partition coefficient (Wildman–Crippen LogP) is 1.84. The molecule has 2 N–H and O–H groups in total. The van der Waals surface area contributed by atoms with E-state index in [0.29, 0.717) is 11.3 Å². The number of nitrogen functional groups attached to an aromatic ring is 1. The minimum absolute atomic E-state index is 0.0988. The lowest BCUT2D eigenvalue weighted by Gasteiger charge is -2.18. The lowest BCUT2D eigenvalue weighted by molar-refractivity contribution is 0.0779. The van der Waals surface area contributed by atoms with Gasteiger partial charge in [0.1, 0.15) is 0 Å². The molecule has 2 unspecified atom stereocenters. The van der Waals surface area contributed by atoms with Crippen molar-refractivity contribution in [2.75, 3.05) is 18.8 Å². The van der Waals surface area contributed by atoms with Gasteiger partial charge in [-0.15, -0.1) is 0 Å². The summed E-state index contributed by atoms with van der Waals surface area (Å²) in [6, 6.07) is 1.75. The van der Waals surface area contributed by atoms with Gasteiger partial charge in [0.25, 0.3) is 5.91 Å². The Balaban J connectivity index is 1.81. The van der Waals surface area contributed by atoms with E-state index in [1.807, 2.05) is 11.8 Å². The van der Waals surface area contributed by atoms with Crippen molar-refractivity contribution in [3.63, 3.8) is 0 Å². The van der Waals surface area contributed by atoms with Crippen molar-refractivity contribution in [1.82, 2.24) is 9.88 Å². The summed E-state index contributed by atoms with van der Waals surface area (Å²) in [5.74, 6) is 1.55. The molecule has 96 valence electrons. The van der Waals surface area contributed by atoms with Gasteiger partial charge in [-0.1, -0.05) is 6.42 Å². The van der Waals surface area contributed by atoms with Crippen molar-refractivity contribution in [2.24, 2.45) is 11.8 Å². The molecule has 1 aliphatic carbocycles. The van der Waals surface area contributed by atoms with Crippen LogP contribution in [-0.2, 0) is 0 Å². The van der Waals surface area contributed by atoms with Crippen molar-refractivity contribution >= 4 is 11.6 Å². The number of rotatable bonds is 1. The highest BCUT2D eigenvalue weighted by Crippen LogP contribution is 2.38. The number of carbonyl (C=O) groups is 1. The number of pyridine rings is 1. The number of carbonyl (C=O) groups excluding carboxylic acids is 1. The van der Waals surface area contributed by atoms with Crippen LogP contribution in [0.5, 0.6) is 0 Å². The second-order valence-electron chi connectivity index (χ2n) is 5.56. The maximum Gasteiger partial charge on any atom is 0.255 e. The van der Waals surface area contributed by atoms with Gasteiger partial charge in [-0.05, 0) is 37.7 Å². The standard InChI is InChI=1S/C14H19N3O/c1-9-13(5-12(15)6-16-9)14(18)17-7-10-3-2-4-11(10)8-17/h5-6,10-11H,2-4,7-8,15H2,1H3. The molecule has 2 heterocycles. The van der Waals surface area contributed by atoms with E-state index in [1.165, 1.54) is 19.3 Å². The molecular formula is C14H19N3O. The summed E-state index contributed by atoms with van der Waals surface area (Å²) in [7, 11) is 0. The Kier molecular flexibility index (Phi) is 2.73. The lowest BCUT2D eigenvalue weighted by Crippen LogP contribution is -2.30. The zero-order chi connectivity index (χ0) is 12.7. The van der Waals surface area contributed by atoms with E-state index in [4.69, 9.17) is 5.73 Å². The molecule has 0 spiro atoms. The monoisotopic (exact) mass is 245 g/mol. The van der Waals surface area contributed by atoms with Crippen LogP contribution >= 0.6 is 0 Å². The molecular weight excluding hydrogens is 226 g/mol. The van der Waals surface area contributed by atoms with Gasteiger partial charge in [0, 0.05) is 13.1 Å². The highest BCUT2D eigenvalue weighted by atomic mass is 16.2. The number of hydrogen-bond donors (Lipinski definition) is 1. The molecule has 2 fully saturated rings. The van der Waals surface area contributed by atoms with Crippen molar-refractivity contribution in [3.8, 4) is 0 Å². The maximum atomic E-state index is 12.5. The van der Waals surface area contributed by atoms with Gasteiger partial charge in [0.15, 0.2) is 0 Å². The summed E-state index contributed by atoms with van der Waals surface area (Å²) in [6.07, 6.45) is 5.49. The molecule has 4 nitrogen and oxygen atoms in total. The Hall–Kier alpha value is -1.58. The van der Waals surface area contributed by atoms with Gasteiger partial charge in [-0.3, -0.25) is 9.78 Å². The van der Waals surface area contributed by atoms with Crippen LogP contribution in [0, 0.1) is 18.8 Å². The number of nitrogens with two attached hydrogens (primary N) is 1. The SMILES string of the molecule is Cc1ncc(N)cc1C(=O)N1CC2CCCC2C1. The second kappa shape index (κ2) is 4.26. The molecule has 1 aliphatic heterocycles. The molecule has 0 radical (unpaired) electrons. The topological polar surface area (TPSA) is 59.2 Å². The Bertz CT molecular complexity index is 474. The van der Waals surface area contributed by atoms with Crippen LogP contribution in [-0.4, -0.2) is 28.9 Å². The smallest absolute Gasteiger partial charge is 0.255 e. The molecule has 1 saturated heterocycles. The zero-order valence-electron chi connectivity index (χ0n) is 10.7. The van der Waals surface area contributed by atoms with Gasteiger partial charge in [0.05, 0.1) is 23.1 Å². The largest absolute Gasteiger partial charge is 0.397 e. The highest BCUT2D eigenvalue weighted by Gasteiger charge is 2.38. The molecule has 4 heteroatoms. The summed E-state index contributed by atoms with van der Waals surface area (Å²) < 4.78 is 0. The van der Waals surface area contributed by atoms with Gasteiger partial charge in [0.2, 0.25) is 0 Å². The Morgan fingerprint density at radius 2 is 2.06 bits per heavy atom. The quantitative estimate of drug-likeness (QED) is 0.821. The molecule has 1 aromatic rings. The number of nitrogens with zero attached hydrogens (tertiary/aromatic N) is 2. The fourth-order valence-corrected chi connectivity index (χ4v) is 3.34. The fourth-order valence-electron chi connectivity index (χ4n) is 3.34. The van der Waals surface area contributed by atoms with Crippen LogP contribution in [0.3, 0.4) is 0 Å². The molecule has 2 atom stereocenters. The Morgan fingerprint density at radius 3 is 2.72 bits per heavy atom. The number of anilines is 1. The number of likely N-dealkylation sites (tertiary alicyclic amines) is 1. The van der Waals surface area contributed by atoms with E-state index in [2.05, 4.69) is 4.98 Å². The number of hydrogen-bond acceptors (Lipinski definition) is 3. The minimum Gasteiger partial charge on any atom is -0.397 e. The predicted molar refractivity (Wildman–Crippen MR) is 70.1 cm³/mol. The summed E-state index contributed by atoms with van der Waals surface area (Å²) in [4.78, 5) is 18.6. The molecule has 0 aromatic carbocycles. The van der Waals surface area contributed by atoms with Crippen molar-refractivity contribution in [3.05, 3.63) is 23.5 Å². The number of fused-ring (bicyclic) bond motifs is 1. The van der Waals surface area contributed by atoms with Gasteiger partial charge in [-0.2, -0.15) is 0 Å². The first-order valence-corrected chi connectivity index (χ1v) is 6.66. The number of aromatic nitrogens is 1. The molecule has 3 rings (SSSR count). The number of amides is 1. The third kappa shape index (κ3) is 1.85. The molecule has 0 bridgehead atoms. The highest BCUT2D eigenvalue weighted by molar-refractivity contribution is 5.96. The van der Waals surface area contributed by atoms with Gasteiger partial charge in [-0.25, -0.2) is 0 Å². The Morgan fingerprint density at radius 1 is 1.39 bits per heavy atom. The number of aryl methyl sites for hydroxylation is 1. The normalized spacial score (nSPS) is 26.4. The van der Waals surface area contributed by atoms with Crippen LogP contribution in [0.4, 0.5) is 5.69 Å². The average molecular weight is 245 g/mol. The van der Waals surface area contributed by atoms with Crippen LogP contribution in [0.2, 0.25) is 0 Å². The molecule has 18 heavy (non-hydrogen) atoms. The van der Waals surface area contributed by atoms with E-state index in [-0.39, 0.29) is 5.91 Å². The van der Waals surface area contributed by atoms with Crippen LogP contribution in [0.25, 0.3) is 0 Å². The molecule has 1 saturated carbocycles. The molecule has 1 aromatic heterocycles. The molecule has 2 aliphatic rings. The van der Waals surface area contributed by atoms with Crippen LogP contribution < -0.4 is 5.73 Å².